The molecule has 9 rings (SSSR count). The number of benzene rings is 5. The van der Waals surface area contributed by atoms with Gasteiger partial charge in [0, 0.05) is 32.6 Å². The summed E-state index contributed by atoms with van der Waals surface area (Å²) in [5, 5.41) is 7.06. The molecule has 8 aromatic rings. The van der Waals surface area contributed by atoms with Gasteiger partial charge in [0.25, 0.3) is 0 Å². The van der Waals surface area contributed by atoms with Crippen LogP contribution in [-0.2, 0) is 0 Å². The highest BCUT2D eigenvalue weighted by molar-refractivity contribution is 6.22. The van der Waals surface area contributed by atoms with E-state index in [1.165, 1.54) is 64.9 Å². The fourth-order valence-electron chi connectivity index (χ4n) is 7.13. The van der Waals surface area contributed by atoms with Crippen LogP contribution in [0, 0.1) is 0 Å². The summed E-state index contributed by atoms with van der Waals surface area (Å²) in [5.41, 5.74) is 8.64. The van der Waals surface area contributed by atoms with Crippen molar-refractivity contribution in [3.8, 4) is 5.69 Å². The minimum Gasteiger partial charge on any atom is -0.456 e. The van der Waals surface area contributed by atoms with Crippen LogP contribution in [0.1, 0.15) is 43.6 Å². The van der Waals surface area contributed by atoms with Crippen LogP contribution in [0.4, 0.5) is 0 Å². The zero-order chi connectivity index (χ0) is 25.5. The number of rotatable bonds is 2. The molecule has 0 aliphatic heterocycles. The van der Waals surface area contributed by atoms with Crippen LogP contribution >= 0.6 is 0 Å². The number of hydrogen-bond acceptors (Lipinski definition) is 2. The van der Waals surface area contributed by atoms with Crippen molar-refractivity contribution in [3.05, 3.63) is 103 Å². The number of para-hydroxylation sites is 2. The third-order valence-corrected chi connectivity index (χ3v) is 8.99. The van der Waals surface area contributed by atoms with E-state index in [2.05, 4.69) is 102 Å². The van der Waals surface area contributed by atoms with E-state index in [-0.39, 0.29) is 0 Å². The summed E-state index contributed by atoms with van der Waals surface area (Å²) in [4.78, 5) is 0. The third-order valence-electron chi connectivity index (χ3n) is 8.99. The summed E-state index contributed by atoms with van der Waals surface area (Å²) in [7, 11) is 0. The Kier molecular flexibility index (Phi) is 4.40. The van der Waals surface area contributed by atoms with Crippen molar-refractivity contribution in [1.29, 1.82) is 0 Å². The summed E-state index contributed by atoms with van der Waals surface area (Å²) < 4.78 is 15.3. The summed E-state index contributed by atoms with van der Waals surface area (Å²) >= 11 is 0. The SMILES string of the molecule is c1ccc2c(c1)c1ccccc1n2-c1ccc2oc3c(ccc4oc5ccc(C6CCCCC6)cc5c43)c2c1. The maximum absolute atomic E-state index is 6.60. The number of furan rings is 2. The van der Waals surface area contributed by atoms with Gasteiger partial charge in [-0.1, -0.05) is 61.7 Å². The van der Waals surface area contributed by atoms with Crippen molar-refractivity contribution in [3.63, 3.8) is 0 Å². The zero-order valence-electron chi connectivity index (χ0n) is 21.6. The minimum absolute atomic E-state index is 0.650. The molecule has 3 heteroatoms. The van der Waals surface area contributed by atoms with Crippen LogP contribution in [0.5, 0.6) is 0 Å². The fraction of sp³-hybridized carbons (Fsp3) is 0.167. The van der Waals surface area contributed by atoms with Crippen LogP contribution < -0.4 is 0 Å². The van der Waals surface area contributed by atoms with Gasteiger partial charge in [0.1, 0.15) is 22.3 Å². The molecule has 3 heterocycles. The Hall–Kier alpha value is -4.50. The average Bonchev–Trinajstić information content (AvgIpc) is 3.66. The Labute approximate surface area is 225 Å². The molecule has 0 radical (unpaired) electrons. The van der Waals surface area contributed by atoms with E-state index in [1.54, 1.807) is 0 Å². The van der Waals surface area contributed by atoms with E-state index >= 15 is 0 Å². The Morgan fingerprint density at radius 1 is 0.538 bits per heavy atom. The van der Waals surface area contributed by atoms with Crippen molar-refractivity contribution in [2.24, 2.45) is 0 Å². The first-order valence-corrected chi connectivity index (χ1v) is 14.1. The predicted molar refractivity (Wildman–Crippen MR) is 161 cm³/mol. The molecule has 0 amide bonds. The van der Waals surface area contributed by atoms with Gasteiger partial charge in [-0.3, -0.25) is 0 Å². The molecule has 1 fully saturated rings. The molecule has 0 bridgehead atoms. The van der Waals surface area contributed by atoms with E-state index < -0.39 is 0 Å². The van der Waals surface area contributed by atoms with Crippen molar-refractivity contribution >= 4 is 65.7 Å². The fourth-order valence-corrected chi connectivity index (χ4v) is 7.13. The van der Waals surface area contributed by atoms with E-state index in [0.717, 1.165) is 44.2 Å². The largest absolute Gasteiger partial charge is 0.456 e. The number of nitrogens with zero attached hydrogens (tertiary/aromatic N) is 1. The van der Waals surface area contributed by atoms with Gasteiger partial charge in [-0.25, -0.2) is 0 Å². The lowest BCUT2D eigenvalue weighted by atomic mass is 9.84. The molecule has 0 N–H and O–H groups in total. The summed E-state index contributed by atoms with van der Waals surface area (Å²) in [5.74, 6) is 0.650. The zero-order valence-corrected chi connectivity index (χ0v) is 21.6. The highest BCUT2D eigenvalue weighted by Crippen LogP contribution is 2.42. The van der Waals surface area contributed by atoms with Crippen LogP contribution in [0.25, 0.3) is 71.4 Å². The van der Waals surface area contributed by atoms with Crippen LogP contribution in [0.2, 0.25) is 0 Å². The first-order chi connectivity index (χ1) is 19.3. The van der Waals surface area contributed by atoms with Crippen LogP contribution in [0.15, 0.2) is 106 Å². The van der Waals surface area contributed by atoms with E-state index in [0.29, 0.717) is 5.92 Å². The van der Waals surface area contributed by atoms with Gasteiger partial charge in [-0.2, -0.15) is 0 Å². The van der Waals surface area contributed by atoms with Gasteiger partial charge < -0.3 is 13.4 Å². The Balaban J connectivity index is 1.29. The maximum Gasteiger partial charge on any atom is 0.147 e. The molecule has 1 aliphatic carbocycles. The molecule has 1 saturated carbocycles. The van der Waals surface area contributed by atoms with Crippen molar-refractivity contribution in [1.82, 2.24) is 4.57 Å². The molecule has 0 spiro atoms. The first kappa shape index (κ1) is 21.4. The number of aromatic nitrogens is 1. The monoisotopic (exact) mass is 505 g/mol. The van der Waals surface area contributed by atoms with Gasteiger partial charge in [-0.15, -0.1) is 0 Å². The van der Waals surface area contributed by atoms with Gasteiger partial charge in [-0.05, 0) is 78.9 Å². The van der Waals surface area contributed by atoms with Gasteiger partial charge in [0.15, 0.2) is 0 Å². The Morgan fingerprint density at radius 3 is 2.03 bits per heavy atom. The van der Waals surface area contributed by atoms with E-state index in [1.807, 2.05) is 0 Å². The standard InChI is InChI=1S/C36H27NO2/c1-2-8-22(9-3-1)23-14-17-33-29(20-23)35-34(38-33)19-16-27-28-21-24(15-18-32(28)39-36(27)35)37-30-12-6-4-10-25(30)26-11-5-7-13-31(26)37/h4-7,10-22H,1-3,8-9H2. The molecule has 5 aromatic carbocycles. The third kappa shape index (κ3) is 3.04. The molecule has 0 saturated heterocycles. The summed E-state index contributed by atoms with van der Waals surface area (Å²) in [6, 6.07) is 34.9. The van der Waals surface area contributed by atoms with Crippen LogP contribution in [0.3, 0.4) is 0 Å². The smallest absolute Gasteiger partial charge is 0.147 e. The van der Waals surface area contributed by atoms with Crippen molar-refractivity contribution in [2.75, 3.05) is 0 Å². The average molecular weight is 506 g/mol. The molecule has 3 aromatic heterocycles. The van der Waals surface area contributed by atoms with Gasteiger partial charge >= 0.3 is 0 Å². The Morgan fingerprint density at radius 2 is 1.23 bits per heavy atom. The molecule has 188 valence electrons. The first-order valence-electron chi connectivity index (χ1n) is 14.1. The molecular weight excluding hydrogens is 478 g/mol. The van der Waals surface area contributed by atoms with Crippen molar-refractivity contribution < 1.29 is 8.83 Å². The predicted octanol–water partition coefficient (Wildman–Crippen LogP) is 10.6. The maximum atomic E-state index is 6.60. The lowest BCUT2D eigenvalue weighted by Crippen LogP contribution is -2.03. The molecule has 0 unspecified atom stereocenters. The quantitative estimate of drug-likeness (QED) is 0.234. The van der Waals surface area contributed by atoms with Crippen molar-refractivity contribution in [2.45, 2.75) is 38.0 Å². The normalized spacial score (nSPS) is 15.1. The van der Waals surface area contributed by atoms with E-state index in [4.69, 9.17) is 8.83 Å². The number of hydrogen-bond donors (Lipinski definition) is 0. The highest BCUT2D eigenvalue weighted by atomic mass is 16.3. The summed E-state index contributed by atoms with van der Waals surface area (Å²) in [6.45, 7) is 0. The molecule has 39 heavy (non-hydrogen) atoms. The lowest BCUT2D eigenvalue weighted by molar-refractivity contribution is 0.444. The Bertz CT molecular complexity index is 2160. The summed E-state index contributed by atoms with van der Waals surface area (Å²) in [6.07, 6.45) is 6.59. The molecule has 3 nitrogen and oxygen atoms in total. The number of fused-ring (bicyclic) bond motifs is 10. The molecule has 0 atom stereocenters. The second-order valence-electron chi connectivity index (χ2n) is 11.2. The van der Waals surface area contributed by atoms with Gasteiger partial charge in [0.2, 0.25) is 0 Å². The topological polar surface area (TPSA) is 31.2 Å². The minimum atomic E-state index is 0.650. The molecule has 1 aliphatic rings. The van der Waals surface area contributed by atoms with Gasteiger partial charge in [0.05, 0.1) is 16.4 Å². The molecular formula is C36H27NO2. The second-order valence-corrected chi connectivity index (χ2v) is 11.2. The second kappa shape index (κ2) is 8.00. The lowest BCUT2D eigenvalue weighted by Gasteiger charge is -2.21. The highest BCUT2D eigenvalue weighted by Gasteiger charge is 2.20. The van der Waals surface area contributed by atoms with E-state index in [9.17, 15) is 0 Å². The van der Waals surface area contributed by atoms with Crippen LogP contribution in [-0.4, -0.2) is 4.57 Å².